The number of carbonyl (C=O) groups is 1. The van der Waals surface area contributed by atoms with Gasteiger partial charge in [0.1, 0.15) is 0 Å². The van der Waals surface area contributed by atoms with Gasteiger partial charge in [-0.05, 0) is 37.3 Å². The zero-order chi connectivity index (χ0) is 16.7. The van der Waals surface area contributed by atoms with E-state index in [4.69, 9.17) is 0 Å². The summed E-state index contributed by atoms with van der Waals surface area (Å²) in [5, 5.41) is 3.06. The Bertz CT molecular complexity index is 477. The topological polar surface area (TPSA) is 35.6 Å². The summed E-state index contributed by atoms with van der Waals surface area (Å²) in [4.78, 5) is 16.4. The van der Waals surface area contributed by atoms with Crippen LogP contribution >= 0.6 is 0 Å². The van der Waals surface area contributed by atoms with Gasteiger partial charge in [0.25, 0.3) is 0 Å². The molecule has 0 aromatic heterocycles. The smallest absolute Gasteiger partial charge is 0.317 e. The van der Waals surface area contributed by atoms with Gasteiger partial charge in [0.15, 0.2) is 0 Å². The van der Waals surface area contributed by atoms with Crippen LogP contribution in [0, 0.1) is 5.92 Å². The third kappa shape index (κ3) is 5.45. The van der Waals surface area contributed by atoms with Gasteiger partial charge in [-0.15, -0.1) is 0 Å². The number of para-hydroxylation sites is 1. The lowest BCUT2D eigenvalue weighted by Crippen LogP contribution is -2.45. The molecule has 23 heavy (non-hydrogen) atoms. The molecular formula is C19H31N3O. The van der Waals surface area contributed by atoms with Crippen molar-refractivity contribution in [1.29, 1.82) is 0 Å². The summed E-state index contributed by atoms with van der Waals surface area (Å²) in [6.07, 6.45) is 5.78. The van der Waals surface area contributed by atoms with Crippen LogP contribution in [0.4, 0.5) is 10.5 Å². The lowest BCUT2D eigenvalue weighted by atomic mass is 9.86. The number of nitrogens with zero attached hydrogens (tertiary/aromatic N) is 2. The van der Waals surface area contributed by atoms with Crippen LogP contribution in [0.3, 0.4) is 0 Å². The molecule has 1 fully saturated rings. The van der Waals surface area contributed by atoms with Gasteiger partial charge in [0.2, 0.25) is 0 Å². The van der Waals surface area contributed by atoms with Gasteiger partial charge >= 0.3 is 6.03 Å². The molecule has 2 amide bonds. The van der Waals surface area contributed by atoms with Crippen LogP contribution in [-0.2, 0) is 0 Å². The number of hydrogen-bond donors (Lipinski definition) is 1. The molecule has 2 rings (SSSR count). The summed E-state index contributed by atoms with van der Waals surface area (Å²) in [7, 11) is 4.03. The quantitative estimate of drug-likeness (QED) is 0.811. The summed E-state index contributed by atoms with van der Waals surface area (Å²) >= 11 is 0. The molecule has 0 heterocycles. The van der Waals surface area contributed by atoms with Gasteiger partial charge in [0, 0.05) is 38.9 Å². The minimum absolute atomic E-state index is 0.0754. The average molecular weight is 317 g/mol. The Morgan fingerprint density at radius 3 is 2.65 bits per heavy atom. The number of urea groups is 1. The van der Waals surface area contributed by atoms with Crippen molar-refractivity contribution in [1.82, 2.24) is 10.2 Å². The third-order valence-electron chi connectivity index (χ3n) is 4.92. The second-order valence-corrected chi connectivity index (χ2v) is 6.88. The lowest BCUT2D eigenvalue weighted by Gasteiger charge is -2.34. The Hall–Kier alpha value is -1.71. The molecule has 4 nitrogen and oxygen atoms in total. The minimum Gasteiger partial charge on any atom is -0.375 e. The molecule has 0 spiro atoms. The van der Waals surface area contributed by atoms with Crippen molar-refractivity contribution >= 4 is 11.7 Å². The molecule has 2 atom stereocenters. The van der Waals surface area contributed by atoms with E-state index < -0.39 is 0 Å². The summed E-state index contributed by atoms with van der Waals surface area (Å²) in [6.45, 7) is 3.95. The first kappa shape index (κ1) is 17.6. The summed E-state index contributed by atoms with van der Waals surface area (Å²) in [5.74, 6) is 0.739. The third-order valence-corrected chi connectivity index (χ3v) is 4.92. The van der Waals surface area contributed by atoms with Gasteiger partial charge in [-0.1, -0.05) is 38.0 Å². The summed E-state index contributed by atoms with van der Waals surface area (Å²) < 4.78 is 0. The zero-order valence-corrected chi connectivity index (χ0v) is 14.8. The molecule has 1 saturated carbocycles. The number of nitrogens with one attached hydrogen (secondary N) is 1. The largest absolute Gasteiger partial charge is 0.375 e. The van der Waals surface area contributed by atoms with Crippen LogP contribution in [-0.4, -0.2) is 44.2 Å². The fourth-order valence-electron chi connectivity index (χ4n) is 3.37. The van der Waals surface area contributed by atoms with E-state index >= 15 is 0 Å². The van der Waals surface area contributed by atoms with Crippen molar-refractivity contribution in [3.05, 3.63) is 30.3 Å². The average Bonchev–Trinajstić information content (AvgIpc) is 2.58. The van der Waals surface area contributed by atoms with E-state index in [2.05, 4.69) is 36.3 Å². The number of anilines is 1. The predicted octanol–water partition coefficient (Wildman–Crippen LogP) is 3.73. The molecule has 1 N–H and O–H groups in total. The Labute approximate surface area is 140 Å². The molecule has 1 aliphatic carbocycles. The van der Waals surface area contributed by atoms with Crippen LogP contribution in [0.25, 0.3) is 0 Å². The van der Waals surface area contributed by atoms with Crippen molar-refractivity contribution in [2.75, 3.05) is 32.1 Å². The molecule has 1 aromatic carbocycles. The van der Waals surface area contributed by atoms with Crippen molar-refractivity contribution in [3.63, 3.8) is 0 Å². The Kier molecular flexibility index (Phi) is 6.75. The highest BCUT2D eigenvalue weighted by molar-refractivity contribution is 5.74. The Balaban J connectivity index is 1.66. The van der Waals surface area contributed by atoms with Crippen LogP contribution in [0.2, 0.25) is 0 Å². The second kappa shape index (κ2) is 8.80. The van der Waals surface area contributed by atoms with Crippen molar-refractivity contribution in [3.8, 4) is 0 Å². The van der Waals surface area contributed by atoms with Crippen molar-refractivity contribution in [2.24, 2.45) is 5.92 Å². The van der Waals surface area contributed by atoms with Crippen molar-refractivity contribution in [2.45, 2.75) is 45.1 Å². The molecule has 0 radical (unpaired) electrons. The zero-order valence-electron chi connectivity index (χ0n) is 14.8. The van der Waals surface area contributed by atoms with Crippen LogP contribution in [0.1, 0.15) is 39.0 Å². The maximum atomic E-state index is 12.3. The van der Waals surface area contributed by atoms with Crippen LogP contribution in [0.5, 0.6) is 0 Å². The van der Waals surface area contributed by atoms with Gasteiger partial charge < -0.3 is 15.1 Å². The fourth-order valence-corrected chi connectivity index (χ4v) is 3.37. The normalized spacial score (nSPS) is 20.8. The molecule has 1 aliphatic rings. The van der Waals surface area contributed by atoms with E-state index in [1.807, 2.05) is 30.1 Å². The highest BCUT2D eigenvalue weighted by Crippen LogP contribution is 2.26. The van der Waals surface area contributed by atoms with Crippen LogP contribution in [0.15, 0.2) is 30.3 Å². The lowest BCUT2D eigenvalue weighted by molar-refractivity contribution is 0.160. The van der Waals surface area contributed by atoms with Crippen molar-refractivity contribution < 1.29 is 4.79 Å². The molecule has 0 aliphatic heterocycles. The van der Waals surface area contributed by atoms with E-state index in [1.165, 1.54) is 18.5 Å². The maximum Gasteiger partial charge on any atom is 0.317 e. The molecule has 4 heteroatoms. The van der Waals surface area contributed by atoms with Gasteiger partial charge in [-0.25, -0.2) is 4.79 Å². The number of hydrogen-bond acceptors (Lipinski definition) is 2. The first-order valence-electron chi connectivity index (χ1n) is 8.84. The molecular weight excluding hydrogens is 286 g/mol. The Morgan fingerprint density at radius 1 is 1.22 bits per heavy atom. The predicted molar refractivity (Wildman–Crippen MR) is 96.9 cm³/mol. The molecule has 2 unspecified atom stereocenters. The molecule has 0 bridgehead atoms. The minimum atomic E-state index is 0.0754. The number of carbonyl (C=O) groups excluding carboxylic acids is 1. The first-order chi connectivity index (χ1) is 11.1. The van der Waals surface area contributed by atoms with Gasteiger partial charge in [-0.2, -0.15) is 0 Å². The highest BCUT2D eigenvalue weighted by atomic mass is 16.2. The molecule has 1 aromatic rings. The van der Waals surface area contributed by atoms with E-state index in [0.717, 1.165) is 38.3 Å². The van der Waals surface area contributed by atoms with Gasteiger partial charge in [-0.3, -0.25) is 0 Å². The monoisotopic (exact) mass is 317 g/mol. The SMILES string of the molecule is CC1CCCC(N(C)C(=O)NCCCN(C)c2ccccc2)C1. The number of benzene rings is 1. The van der Waals surface area contributed by atoms with E-state index in [1.54, 1.807) is 0 Å². The van der Waals surface area contributed by atoms with Gasteiger partial charge in [0.05, 0.1) is 0 Å². The van der Waals surface area contributed by atoms with E-state index in [-0.39, 0.29) is 6.03 Å². The standard InChI is InChI=1S/C19H31N3O/c1-16-9-7-12-18(15-16)22(3)19(23)20-13-8-14-21(2)17-10-5-4-6-11-17/h4-6,10-11,16,18H,7-9,12-15H2,1-3H3,(H,20,23). The Morgan fingerprint density at radius 2 is 1.96 bits per heavy atom. The summed E-state index contributed by atoms with van der Waals surface area (Å²) in [5.41, 5.74) is 1.21. The molecule has 128 valence electrons. The number of rotatable bonds is 6. The summed E-state index contributed by atoms with van der Waals surface area (Å²) in [6, 6.07) is 10.8. The maximum absolute atomic E-state index is 12.3. The van der Waals surface area contributed by atoms with E-state index in [9.17, 15) is 4.79 Å². The fraction of sp³-hybridized carbons (Fsp3) is 0.632. The highest BCUT2D eigenvalue weighted by Gasteiger charge is 2.25. The first-order valence-corrected chi connectivity index (χ1v) is 8.84. The number of amides is 2. The second-order valence-electron chi connectivity index (χ2n) is 6.88. The molecule has 0 saturated heterocycles. The van der Waals surface area contributed by atoms with Crippen LogP contribution < -0.4 is 10.2 Å². The van der Waals surface area contributed by atoms with E-state index in [0.29, 0.717) is 6.04 Å².